The summed E-state index contributed by atoms with van der Waals surface area (Å²) in [5.41, 5.74) is 5.03. The maximum Gasteiger partial charge on any atom is 0.255 e. The lowest BCUT2D eigenvalue weighted by molar-refractivity contribution is 0.0995. The fourth-order valence-corrected chi connectivity index (χ4v) is 5.61. The van der Waals surface area contributed by atoms with Gasteiger partial charge in [0.2, 0.25) is 0 Å². The normalized spacial score (nSPS) is 15.9. The zero-order valence-electron chi connectivity index (χ0n) is 18.7. The number of thiophene rings is 1. The summed E-state index contributed by atoms with van der Waals surface area (Å²) in [6.07, 6.45) is 5.18. The molecule has 1 aromatic heterocycles. The fourth-order valence-electron chi connectivity index (χ4n) is 4.83. The van der Waals surface area contributed by atoms with Gasteiger partial charge in [-0.25, -0.2) is 0 Å². The largest absolute Gasteiger partial charge is 0.384 e. The van der Waals surface area contributed by atoms with Crippen molar-refractivity contribution in [2.24, 2.45) is 0 Å². The number of benzene rings is 2. The summed E-state index contributed by atoms with van der Waals surface area (Å²) in [6, 6.07) is 15.5. The zero-order chi connectivity index (χ0) is 22.6. The number of amides is 1. The Morgan fingerprint density at radius 1 is 0.970 bits per heavy atom. The van der Waals surface area contributed by atoms with Crippen LogP contribution in [0.4, 0.5) is 11.4 Å². The highest BCUT2D eigenvalue weighted by molar-refractivity contribution is 7.13. The van der Waals surface area contributed by atoms with Gasteiger partial charge in [0.15, 0.2) is 5.78 Å². The van der Waals surface area contributed by atoms with Gasteiger partial charge in [0, 0.05) is 41.2 Å². The van der Waals surface area contributed by atoms with Crippen LogP contribution in [0, 0.1) is 0 Å². The van der Waals surface area contributed by atoms with Gasteiger partial charge in [0.25, 0.3) is 5.91 Å². The van der Waals surface area contributed by atoms with E-state index in [1.807, 2.05) is 47.8 Å². The Kier molecular flexibility index (Phi) is 6.55. The molecule has 1 saturated heterocycles. The van der Waals surface area contributed by atoms with E-state index in [1.54, 1.807) is 11.3 Å². The average Bonchev–Trinajstić information content (AvgIpc) is 3.51. The third-order valence-corrected chi connectivity index (χ3v) is 7.48. The highest BCUT2D eigenvalue weighted by atomic mass is 32.1. The van der Waals surface area contributed by atoms with Crippen molar-refractivity contribution in [3.63, 3.8) is 0 Å². The van der Waals surface area contributed by atoms with Gasteiger partial charge in [-0.2, -0.15) is 0 Å². The van der Waals surface area contributed by atoms with Gasteiger partial charge in [-0.05, 0) is 85.3 Å². The van der Waals surface area contributed by atoms with Crippen molar-refractivity contribution in [2.45, 2.75) is 32.1 Å². The number of fused-ring (bicyclic) bond motifs is 1. The number of Topliss-reactive ketones (excluding diaryl/α,β-unsaturated/α-hetero) is 1. The van der Waals surface area contributed by atoms with E-state index in [2.05, 4.69) is 21.6 Å². The molecule has 0 saturated carbocycles. The van der Waals surface area contributed by atoms with Crippen LogP contribution in [0.25, 0.3) is 10.4 Å². The summed E-state index contributed by atoms with van der Waals surface area (Å²) in [4.78, 5) is 29.2. The lowest BCUT2D eigenvalue weighted by atomic mass is 10.00. The van der Waals surface area contributed by atoms with Crippen LogP contribution in [0.5, 0.6) is 0 Å². The first-order chi connectivity index (χ1) is 16.2. The maximum atomic E-state index is 12.9. The van der Waals surface area contributed by atoms with E-state index in [0.29, 0.717) is 23.2 Å². The first-order valence-electron chi connectivity index (χ1n) is 11.8. The van der Waals surface area contributed by atoms with Crippen molar-refractivity contribution >= 4 is 34.4 Å². The molecule has 2 heterocycles. The molecular weight excluding hydrogens is 430 g/mol. The SMILES string of the molecule is O=C(Nc1ccc(-c2cccs2)c2c1C(=O)CC2)c1ccc(NCCN2CCCCC2)cc1. The number of rotatable bonds is 7. The van der Waals surface area contributed by atoms with Gasteiger partial charge in [0.05, 0.1) is 5.69 Å². The van der Waals surface area contributed by atoms with Crippen LogP contribution in [0.15, 0.2) is 53.9 Å². The van der Waals surface area contributed by atoms with Crippen molar-refractivity contribution < 1.29 is 9.59 Å². The predicted molar refractivity (Wildman–Crippen MR) is 136 cm³/mol. The molecule has 0 radical (unpaired) electrons. The standard InChI is InChI=1S/C27H29N3O2S/c31-24-13-11-22-21(25-5-4-18-33-25)10-12-23(26(22)24)29-27(32)19-6-8-20(9-7-19)28-14-17-30-15-2-1-3-16-30/h4-10,12,18,28H,1-3,11,13-17H2,(H,29,32). The van der Waals surface area contributed by atoms with E-state index < -0.39 is 0 Å². The number of carbonyl (C=O) groups is 2. The molecule has 5 nitrogen and oxygen atoms in total. The topological polar surface area (TPSA) is 61.4 Å². The van der Waals surface area contributed by atoms with Crippen molar-refractivity contribution in [3.05, 3.63) is 70.6 Å². The number of nitrogens with zero attached hydrogens (tertiary/aromatic N) is 1. The van der Waals surface area contributed by atoms with E-state index >= 15 is 0 Å². The molecule has 2 aliphatic rings. The Morgan fingerprint density at radius 2 is 1.79 bits per heavy atom. The molecule has 2 N–H and O–H groups in total. The van der Waals surface area contributed by atoms with Crippen molar-refractivity contribution in [1.29, 1.82) is 0 Å². The molecular formula is C27H29N3O2S. The van der Waals surface area contributed by atoms with Crippen LogP contribution in [-0.2, 0) is 6.42 Å². The Hall–Kier alpha value is -2.96. The third kappa shape index (κ3) is 4.87. The van der Waals surface area contributed by atoms with Crippen LogP contribution in [0.2, 0.25) is 0 Å². The summed E-state index contributed by atoms with van der Waals surface area (Å²) in [5.74, 6) is -0.0902. The third-order valence-electron chi connectivity index (χ3n) is 6.58. The second kappa shape index (κ2) is 9.89. The van der Waals surface area contributed by atoms with Gasteiger partial charge in [-0.1, -0.05) is 18.6 Å². The molecule has 3 aromatic rings. The van der Waals surface area contributed by atoms with Crippen LogP contribution >= 0.6 is 11.3 Å². The molecule has 0 unspecified atom stereocenters. The first kappa shape index (κ1) is 21.9. The van der Waals surface area contributed by atoms with E-state index in [4.69, 9.17) is 0 Å². The molecule has 0 bridgehead atoms. The summed E-state index contributed by atoms with van der Waals surface area (Å²) in [5, 5.41) is 8.48. The molecule has 1 fully saturated rings. The van der Waals surface area contributed by atoms with Gasteiger partial charge < -0.3 is 15.5 Å². The molecule has 33 heavy (non-hydrogen) atoms. The molecule has 1 aliphatic heterocycles. The molecule has 1 aliphatic carbocycles. The minimum absolute atomic E-state index is 0.104. The minimum atomic E-state index is -0.194. The lowest BCUT2D eigenvalue weighted by Crippen LogP contribution is -2.33. The highest BCUT2D eigenvalue weighted by Gasteiger charge is 2.27. The summed E-state index contributed by atoms with van der Waals surface area (Å²) < 4.78 is 0. The van der Waals surface area contributed by atoms with E-state index in [-0.39, 0.29) is 11.7 Å². The first-order valence-corrected chi connectivity index (χ1v) is 12.7. The molecule has 6 heteroatoms. The van der Waals surface area contributed by atoms with E-state index in [1.165, 1.54) is 32.4 Å². The maximum absolute atomic E-state index is 12.9. The molecule has 170 valence electrons. The molecule has 0 atom stereocenters. The van der Waals surface area contributed by atoms with Crippen molar-refractivity contribution in [2.75, 3.05) is 36.8 Å². The van der Waals surface area contributed by atoms with Crippen LogP contribution < -0.4 is 10.6 Å². The fraction of sp³-hybridized carbons (Fsp3) is 0.333. The molecule has 2 aromatic carbocycles. The van der Waals surface area contributed by atoms with Crippen LogP contribution in [0.1, 0.15) is 52.0 Å². The van der Waals surface area contributed by atoms with Crippen LogP contribution in [-0.4, -0.2) is 42.8 Å². The van der Waals surface area contributed by atoms with E-state index in [0.717, 1.165) is 41.2 Å². The van der Waals surface area contributed by atoms with Gasteiger partial charge in [-0.15, -0.1) is 11.3 Å². The minimum Gasteiger partial charge on any atom is -0.384 e. The number of nitrogens with one attached hydrogen (secondary N) is 2. The summed E-state index contributed by atoms with van der Waals surface area (Å²) in [6.45, 7) is 4.34. The lowest BCUT2D eigenvalue weighted by Gasteiger charge is -2.26. The monoisotopic (exact) mass is 459 g/mol. The number of ketones is 1. The molecule has 5 rings (SSSR count). The highest BCUT2D eigenvalue weighted by Crippen LogP contribution is 2.38. The quantitative estimate of drug-likeness (QED) is 0.476. The number of likely N-dealkylation sites (tertiary alicyclic amines) is 1. The Bertz CT molecular complexity index is 1130. The molecule has 1 amide bonds. The Labute approximate surface area is 198 Å². The number of hydrogen-bond acceptors (Lipinski definition) is 5. The summed E-state index contributed by atoms with van der Waals surface area (Å²) >= 11 is 1.67. The number of anilines is 2. The zero-order valence-corrected chi connectivity index (χ0v) is 19.5. The average molecular weight is 460 g/mol. The second-order valence-corrected chi connectivity index (χ2v) is 9.72. The number of hydrogen-bond donors (Lipinski definition) is 2. The Balaban J connectivity index is 1.24. The van der Waals surface area contributed by atoms with E-state index in [9.17, 15) is 9.59 Å². The molecule has 0 spiro atoms. The van der Waals surface area contributed by atoms with Crippen molar-refractivity contribution in [3.8, 4) is 10.4 Å². The number of carbonyl (C=O) groups excluding carboxylic acids is 2. The summed E-state index contributed by atoms with van der Waals surface area (Å²) in [7, 11) is 0. The number of piperidine rings is 1. The predicted octanol–water partition coefficient (Wildman–Crippen LogP) is 5.69. The van der Waals surface area contributed by atoms with Crippen LogP contribution in [0.3, 0.4) is 0 Å². The Morgan fingerprint density at radius 3 is 2.55 bits per heavy atom. The smallest absolute Gasteiger partial charge is 0.255 e. The van der Waals surface area contributed by atoms with Gasteiger partial charge in [-0.3, -0.25) is 9.59 Å². The second-order valence-electron chi connectivity index (χ2n) is 8.78. The van der Waals surface area contributed by atoms with Gasteiger partial charge in [0.1, 0.15) is 0 Å². The van der Waals surface area contributed by atoms with Crippen molar-refractivity contribution in [1.82, 2.24) is 4.90 Å². The van der Waals surface area contributed by atoms with Gasteiger partial charge >= 0.3 is 0 Å².